The lowest BCUT2D eigenvalue weighted by atomic mass is 9.90. The van der Waals surface area contributed by atoms with Crippen LogP contribution < -0.4 is 15.4 Å². The third kappa shape index (κ3) is 7.54. The number of alkyl halides is 3. The van der Waals surface area contributed by atoms with E-state index in [1.165, 1.54) is 6.20 Å². The lowest BCUT2D eigenvalue weighted by Gasteiger charge is -2.33. The Bertz CT molecular complexity index is 950. The molecule has 32 heavy (non-hydrogen) atoms. The second kappa shape index (κ2) is 10.8. The third-order valence-electron chi connectivity index (χ3n) is 4.47. The fourth-order valence-corrected chi connectivity index (χ4v) is 3.05. The zero-order valence-corrected chi connectivity index (χ0v) is 18.3. The maximum Gasteiger partial charge on any atom is 0.490 e. The molecule has 1 atom stereocenters. The van der Waals surface area contributed by atoms with E-state index in [2.05, 4.69) is 15.6 Å². The molecule has 1 fully saturated rings. The lowest BCUT2D eigenvalue weighted by molar-refractivity contribution is -0.192. The first-order valence-electron chi connectivity index (χ1n) is 9.36. The van der Waals surface area contributed by atoms with Crippen molar-refractivity contribution >= 4 is 40.8 Å². The number of aromatic nitrogens is 1. The highest BCUT2D eigenvalue weighted by Crippen LogP contribution is 2.32. The molecule has 3 N–H and O–H groups in total. The maximum absolute atomic E-state index is 12.5. The second-order valence-electron chi connectivity index (χ2n) is 7.03. The summed E-state index contributed by atoms with van der Waals surface area (Å²) in [7, 11) is 0. The van der Waals surface area contributed by atoms with Gasteiger partial charge in [0, 0.05) is 18.0 Å². The number of halogens is 5. The van der Waals surface area contributed by atoms with Crippen molar-refractivity contribution in [3.8, 4) is 11.6 Å². The monoisotopic (exact) mass is 493 g/mol. The summed E-state index contributed by atoms with van der Waals surface area (Å²) in [5.74, 6) is -1.97. The summed E-state index contributed by atoms with van der Waals surface area (Å²) >= 11 is 12.1. The molecule has 3 rings (SSSR count). The molecule has 1 aliphatic rings. The van der Waals surface area contributed by atoms with E-state index < -0.39 is 17.7 Å². The van der Waals surface area contributed by atoms with Gasteiger partial charge in [-0.3, -0.25) is 4.79 Å². The van der Waals surface area contributed by atoms with Crippen molar-refractivity contribution in [2.45, 2.75) is 37.9 Å². The molecule has 0 aliphatic carbocycles. The quantitative estimate of drug-likeness (QED) is 0.535. The first-order valence-corrected chi connectivity index (χ1v) is 10.1. The molecule has 2 aromatic rings. The fourth-order valence-electron chi connectivity index (χ4n) is 2.72. The summed E-state index contributed by atoms with van der Waals surface area (Å²) in [6.07, 6.45) is -0.634. The number of piperidine rings is 1. The number of ether oxygens (including phenoxy) is 1. The van der Waals surface area contributed by atoms with Crippen molar-refractivity contribution in [2.75, 3.05) is 11.9 Å². The number of pyridine rings is 1. The van der Waals surface area contributed by atoms with E-state index >= 15 is 0 Å². The largest absolute Gasteiger partial charge is 0.490 e. The molecule has 1 aromatic heterocycles. The van der Waals surface area contributed by atoms with Crippen molar-refractivity contribution in [1.82, 2.24) is 10.3 Å². The molecule has 0 bridgehead atoms. The second-order valence-corrected chi connectivity index (χ2v) is 7.88. The molecular weight excluding hydrogens is 474 g/mol. The van der Waals surface area contributed by atoms with Gasteiger partial charge in [-0.15, -0.1) is 0 Å². The summed E-state index contributed by atoms with van der Waals surface area (Å²) in [5.41, 5.74) is 0.0765. The topological polar surface area (TPSA) is 101 Å². The Balaban J connectivity index is 0.000000451. The molecule has 7 nitrogen and oxygen atoms in total. The number of nitrogens with zero attached hydrogens (tertiary/aromatic N) is 1. The number of amides is 1. The smallest absolute Gasteiger partial charge is 0.475 e. The van der Waals surface area contributed by atoms with Crippen LogP contribution >= 0.6 is 23.2 Å². The molecule has 0 saturated carbocycles. The van der Waals surface area contributed by atoms with Crippen molar-refractivity contribution < 1.29 is 32.6 Å². The van der Waals surface area contributed by atoms with Crippen LogP contribution in [0.2, 0.25) is 10.0 Å². The average molecular weight is 494 g/mol. The van der Waals surface area contributed by atoms with Crippen LogP contribution in [0.25, 0.3) is 0 Å². The first kappa shape index (κ1) is 25.7. The Morgan fingerprint density at radius 3 is 2.41 bits per heavy atom. The van der Waals surface area contributed by atoms with Crippen LogP contribution in [0.15, 0.2) is 36.5 Å². The summed E-state index contributed by atoms with van der Waals surface area (Å²) in [6.45, 7) is 2.78. The zero-order chi connectivity index (χ0) is 23.9. The number of hydrogen-bond acceptors (Lipinski definition) is 5. The number of carbonyl (C=O) groups is 2. The van der Waals surface area contributed by atoms with E-state index in [0.29, 0.717) is 27.4 Å². The van der Waals surface area contributed by atoms with Crippen LogP contribution in [-0.4, -0.2) is 40.2 Å². The highest BCUT2D eigenvalue weighted by Gasteiger charge is 2.38. The van der Waals surface area contributed by atoms with E-state index in [-0.39, 0.29) is 5.91 Å². The number of rotatable bonds is 4. The van der Waals surface area contributed by atoms with Gasteiger partial charge < -0.3 is 20.5 Å². The Labute approximate surface area is 191 Å². The number of carbonyl (C=O) groups excluding carboxylic acids is 1. The number of anilines is 1. The predicted molar refractivity (Wildman–Crippen MR) is 113 cm³/mol. The average Bonchev–Trinajstić information content (AvgIpc) is 2.72. The van der Waals surface area contributed by atoms with Gasteiger partial charge in [-0.1, -0.05) is 23.2 Å². The molecule has 1 unspecified atom stereocenters. The highest BCUT2D eigenvalue weighted by atomic mass is 35.5. The van der Waals surface area contributed by atoms with E-state index in [0.717, 1.165) is 25.8 Å². The summed E-state index contributed by atoms with van der Waals surface area (Å²) < 4.78 is 37.4. The Morgan fingerprint density at radius 1 is 1.22 bits per heavy atom. The summed E-state index contributed by atoms with van der Waals surface area (Å²) in [5, 5.41) is 14.2. The minimum absolute atomic E-state index is 0.0590. The van der Waals surface area contributed by atoms with Gasteiger partial charge in [0.05, 0.1) is 15.6 Å². The van der Waals surface area contributed by atoms with Crippen LogP contribution in [0.4, 0.5) is 18.9 Å². The van der Waals surface area contributed by atoms with Crippen molar-refractivity contribution in [1.29, 1.82) is 0 Å². The van der Waals surface area contributed by atoms with E-state index in [1.54, 1.807) is 30.3 Å². The third-order valence-corrected chi connectivity index (χ3v) is 4.99. The molecule has 174 valence electrons. The molecule has 1 aliphatic heterocycles. The van der Waals surface area contributed by atoms with Crippen molar-refractivity contribution in [3.63, 3.8) is 0 Å². The Morgan fingerprint density at radius 2 is 1.91 bits per heavy atom. The van der Waals surface area contributed by atoms with E-state index in [1.807, 2.05) is 6.92 Å². The normalized spacial score (nSPS) is 18.2. The van der Waals surface area contributed by atoms with Gasteiger partial charge in [-0.2, -0.15) is 13.2 Å². The number of nitrogens with one attached hydrogen (secondary N) is 2. The molecule has 2 heterocycles. The predicted octanol–water partition coefficient (Wildman–Crippen LogP) is 5.28. The van der Waals surface area contributed by atoms with Gasteiger partial charge in [0.1, 0.15) is 5.75 Å². The molecular formula is C20H20Cl2F3N3O4. The van der Waals surface area contributed by atoms with Gasteiger partial charge in [0.25, 0.3) is 0 Å². The molecule has 1 aromatic carbocycles. The minimum atomic E-state index is -5.08. The summed E-state index contributed by atoms with van der Waals surface area (Å²) in [6, 6.07) is 8.46. The van der Waals surface area contributed by atoms with E-state index in [4.69, 9.17) is 37.8 Å². The van der Waals surface area contributed by atoms with Gasteiger partial charge >= 0.3 is 12.1 Å². The number of benzene rings is 1. The number of carboxylic acid groups (broad SMARTS) is 1. The molecule has 12 heteroatoms. The van der Waals surface area contributed by atoms with Crippen molar-refractivity contribution in [2.24, 2.45) is 0 Å². The van der Waals surface area contributed by atoms with Gasteiger partial charge in [-0.25, -0.2) is 9.78 Å². The first-order chi connectivity index (χ1) is 14.9. The highest BCUT2D eigenvalue weighted by molar-refractivity contribution is 6.32. The molecule has 1 amide bonds. The van der Waals surface area contributed by atoms with Crippen LogP contribution in [0, 0.1) is 0 Å². The van der Waals surface area contributed by atoms with Crippen LogP contribution in [-0.2, 0) is 9.59 Å². The fraction of sp³-hybridized carbons (Fsp3) is 0.350. The number of carboxylic acids is 1. The van der Waals surface area contributed by atoms with Gasteiger partial charge in [0.2, 0.25) is 11.8 Å². The van der Waals surface area contributed by atoms with Crippen LogP contribution in [0.1, 0.15) is 26.2 Å². The SMILES string of the molecule is CC1(C(=O)Nc2ccc(Oc3ccc(Cl)cn3)c(Cl)c2)CCCCN1.O=C(O)C(F)(F)F. The van der Waals surface area contributed by atoms with Crippen LogP contribution in [0.5, 0.6) is 11.6 Å². The zero-order valence-electron chi connectivity index (χ0n) is 16.8. The van der Waals surface area contributed by atoms with Crippen LogP contribution in [0.3, 0.4) is 0 Å². The van der Waals surface area contributed by atoms with Gasteiger partial charge in [-0.05, 0) is 57.0 Å². The number of hydrogen-bond donors (Lipinski definition) is 3. The minimum Gasteiger partial charge on any atom is -0.475 e. The standard InChI is InChI=1S/C18H19Cl2N3O2.C2HF3O2/c1-18(8-2-3-9-22-18)17(24)23-13-5-6-15(14(20)10-13)25-16-7-4-12(19)11-21-16;3-2(4,5)1(6)7/h4-7,10-11,22H,2-3,8-9H2,1H3,(H,23,24);(H,6,7). The maximum atomic E-state index is 12.5. The molecule has 0 spiro atoms. The van der Waals surface area contributed by atoms with Gasteiger partial charge in [0.15, 0.2) is 0 Å². The Kier molecular flexibility index (Phi) is 8.71. The van der Waals surface area contributed by atoms with Crippen molar-refractivity contribution in [3.05, 3.63) is 46.6 Å². The Hall–Kier alpha value is -2.56. The number of aliphatic carboxylic acids is 1. The van der Waals surface area contributed by atoms with E-state index in [9.17, 15) is 18.0 Å². The molecule has 1 saturated heterocycles. The molecule has 0 radical (unpaired) electrons. The summed E-state index contributed by atoms with van der Waals surface area (Å²) in [4.78, 5) is 25.5. The lowest BCUT2D eigenvalue weighted by Crippen LogP contribution is -2.54.